The minimum Gasteiger partial charge on any atom is -1.00 e. The molecule has 12 heteroatoms. The molecule has 0 aromatic rings. The van der Waals surface area contributed by atoms with Crippen LogP contribution in [0.25, 0.3) is 0 Å². The Hall–Kier alpha value is 2.00. The van der Waals surface area contributed by atoms with Gasteiger partial charge in [-0.05, 0) is 0 Å². The topological polar surface area (TPSA) is 149 Å². The van der Waals surface area contributed by atoms with E-state index in [0.717, 1.165) is 0 Å². The van der Waals surface area contributed by atoms with E-state index in [1.54, 1.807) is 0 Å². The Bertz CT molecular complexity index is 219. The Labute approximate surface area is 126 Å². The van der Waals surface area contributed by atoms with Crippen LogP contribution in [0.3, 0.4) is 0 Å². The van der Waals surface area contributed by atoms with Gasteiger partial charge in [-0.25, -0.2) is 0 Å². The fourth-order valence-corrected chi connectivity index (χ4v) is 0. The van der Waals surface area contributed by atoms with Gasteiger partial charge in [-0.15, -0.1) is 0 Å². The summed E-state index contributed by atoms with van der Waals surface area (Å²) in [5.41, 5.74) is 0. The molecule has 4 N–H and O–H groups in total. The molecule has 0 radical (unpaired) electrons. The van der Waals surface area contributed by atoms with E-state index in [4.69, 9.17) is 35.0 Å². The molecule has 0 saturated carbocycles. The third-order valence-electron chi connectivity index (χ3n) is 0. The first-order valence-electron chi connectivity index (χ1n) is 1.40. The summed E-state index contributed by atoms with van der Waals surface area (Å²) in [4.78, 5) is 0. The summed E-state index contributed by atoms with van der Waals surface area (Å²) < 4.78 is 63.2. The zero-order valence-electron chi connectivity index (χ0n) is 6.95. The first-order chi connectivity index (χ1) is 4.00. The summed E-state index contributed by atoms with van der Waals surface area (Å²) in [7, 11) is -9.33. The number of rotatable bonds is 0. The average Bonchev–Trinajstić information content (AvgIpc) is 1.12. The van der Waals surface area contributed by atoms with Crippen LogP contribution in [0.15, 0.2) is 0 Å². The van der Waals surface area contributed by atoms with Crippen molar-refractivity contribution in [3.63, 3.8) is 0 Å². The van der Waals surface area contributed by atoms with Crippen LogP contribution < -0.4 is 51.4 Å². The van der Waals surface area contributed by atoms with Gasteiger partial charge in [0, 0.05) is 19.5 Å². The second kappa shape index (κ2) is 9.55. The van der Waals surface area contributed by atoms with E-state index in [-0.39, 0.29) is 72.3 Å². The smallest absolute Gasteiger partial charge is 1.00 e. The summed E-state index contributed by atoms with van der Waals surface area (Å²) in [6.07, 6.45) is 0. The van der Waals surface area contributed by atoms with Crippen LogP contribution in [-0.2, 0) is 40.3 Å². The van der Waals surface area contributed by atoms with Crippen molar-refractivity contribution in [3.05, 3.63) is 0 Å². The molecule has 0 aliphatic heterocycles. The van der Waals surface area contributed by atoms with Crippen LogP contribution in [0, 0.1) is 0 Å². The molecule has 0 spiro atoms. The Kier molecular flexibility index (Phi) is 18.8. The van der Waals surface area contributed by atoms with Crippen molar-refractivity contribution in [2.24, 2.45) is 0 Å². The van der Waals surface area contributed by atoms with Gasteiger partial charge in [-0.1, -0.05) is 0 Å². The molecule has 0 aromatic carbocycles. The zero-order valence-corrected chi connectivity index (χ0v) is 13.7. The van der Waals surface area contributed by atoms with Crippen LogP contribution in [0.1, 0.15) is 1.43 Å². The molecule has 0 heterocycles. The van der Waals surface area contributed by atoms with Gasteiger partial charge >= 0.3 is 72.2 Å². The second-order valence-electron chi connectivity index (χ2n) is 0.896. The van der Waals surface area contributed by atoms with Gasteiger partial charge < -0.3 is 1.43 Å². The summed E-state index contributed by atoms with van der Waals surface area (Å²) in [5.74, 6) is 0. The summed E-state index contributed by atoms with van der Waals surface area (Å²) in [5, 5.41) is 0. The SMILES string of the molecule is O=S(=O)(O)O.O=S(=O)(O)O.[H-].[K+].[Zn]. The molecule has 0 saturated heterocycles. The Morgan fingerprint density at radius 1 is 0.750 bits per heavy atom. The summed E-state index contributed by atoms with van der Waals surface area (Å²) >= 11 is 0. The van der Waals surface area contributed by atoms with Gasteiger partial charge in [0.05, 0.1) is 0 Å². The molecule has 0 atom stereocenters. The van der Waals surface area contributed by atoms with Crippen LogP contribution in [0.2, 0.25) is 0 Å². The van der Waals surface area contributed by atoms with Crippen molar-refractivity contribution in [2.75, 3.05) is 0 Å². The third-order valence-corrected chi connectivity index (χ3v) is 0. The second-order valence-corrected chi connectivity index (χ2v) is 2.69. The van der Waals surface area contributed by atoms with Gasteiger partial charge in [0.15, 0.2) is 0 Å². The molecule has 8 nitrogen and oxygen atoms in total. The molecule has 0 amide bonds. The monoisotopic (exact) mass is 300 g/mol. The zero-order chi connectivity index (χ0) is 9.00. The maximum atomic E-state index is 8.74. The average molecular weight is 302 g/mol. The van der Waals surface area contributed by atoms with Crippen molar-refractivity contribution in [1.82, 2.24) is 0 Å². The molecule has 0 unspecified atom stereocenters. The third kappa shape index (κ3) is 363. The van der Waals surface area contributed by atoms with E-state index in [9.17, 15) is 0 Å². The van der Waals surface area contributed by atoms with E-state index in [0.29, 0.717) is 0 Å². The van der Waals surface area contributed by atoms with Gasteiger partial charge in [-0.3, -0.25) is 18.2 Å². The van der Waals surface area contributed by atoms with Crippen molar-refractivity contribution >= 4 is 20.8 Å². The summed E-state index contributed by atoms with van der Waals surface area (Å²) in [6.45, 7) is 0. The largest absolute Gasteiger partial charge is 1.00 e. The fourth-order valence-electron chi connectivity index (χ4n) is 0. The maximum Gasteiger partial charge on any atom is 1.00 e. The maximum absolute atomic E-state index is 8.74. The first kappa shape index (κ1) is 23.7. The molecule has 68 valence electrons. The van der Waals surface area contributed by atoms with Crippen molar-refractivity contribution in [1.29, 1.82) is 0 Å². The van der Waals surface area contributed by atoms with Crippen LogP contribution in [-0.4, -0.2) is 35.0 Å². The molecule has 0 rings (SSSR count). The molecular weight excluding hydrogens is 297 g/mol. The predicted octanol–water partition coefficient (Wildman–Crippen LogP) is -4.19. The molecule has 0 bridgehead atoms. The first-order valence-corrected chi connectivity index (χ1v) is 4.19. The van der Waals surface area contributed by atoms with Gasteiger partial charge in [0.2, 0.25) is 0 Å². The van der Waals surface area contributed by atoms with Crippen LogP contribution >= 0.6 is 0 Å². The van der Waals surface area contributed by atoms with E-state index >= 15 is 0 Å². The van der Waals surface area contributed by atoms with Gasteiger partial charge in [0.25, 0.3) is 0 Å². The molecule has 12 heavy (non-hydrogen) atoms. The molecule has 0 aromatic heterocycles. The molecular formula is H5KO8S2Zn. The van der Waals surface area contributed by atoms with Gasteiger partial charge in [0.1, 0.15) is 0 Å². The fraction of sp³-hybridized carbons (Fsp3) is 0. The van der Waals surface area contributed by atoms with E-state index in [1.807, 2.05) is 0 Å². The standard InChI is InChI=1S/K.2H2O4S.Zn.H/c;2*1-5(2,3)4;;/h;2*(H2,1,2,3,4);;/q+1;;;;-1. The Balaban J connectivity index is -0.0000000267. The van der Waals surface area contributed by atoms with Crippen molar-refractivity contribution in [3.8, 4) is 0 Å². The quantitative estimate of drug-likeness (QED) is 0.260. The minimum atomic E-state index is -4.67. The number of hydrogen-bond donors (Lipinski definition) is 4. The van der Waals surface area contributed by atoms with E-state index in [1.165, 1.54) is 0 Å². The van der Waals surface area contributed by atoms with E-state index in [2.05, 4.69) is 0 Å². The molecule has 0 aliphatic carbocycles. The van der Waals surface area contributed by atoms with Crippen LogP contribution in [0.4, 0.5) is 0 Å². The molecule has 0 fully saturated rings. The van der Waals surface area contributed by atoms with Crippen molar-refractivity contribution in [2.45, 2.75) is 0 Å². The van der Waals surface area contributed by atoms with Gasteiger partial charge in [-0.2, -0.15) is 16.8 Å². The summed E-state index contributed by atoms with van der Waals surface area (Å²) in [6, 6.07) is 0. The minimum absolute atomic E-state index is 0. The molecule has 0 aliphatic rings. The Morgan fingerprint density at radius 2 is 0.750 bits per heavy atom. The van der Waals surface area contributed by atoms with E-state index < -0.39 is 20.8 Å². The predicted molar refractivity (Wildman–Crippen MR) is 29.5 cm³/mol. The number of hydrogen-bond acceptors (Lipinski definition) is 4. The van der Waals surface area contributed by atoms with Crippen molar-refractivity contribution < 1.29 is 107 Å². The van der Waals surface area contributed by atoms with Crippen LogP contribution in [0.5, 0.6) is 0 Å². The Morgan fingerprint density at radius 3 is 0.750 bits per heavy atom. The normalized spacial score (nSPS) is 9.67.